The maximum atomic E-state index is 5.10. The second kappa shape index (κ2) is 14.9. The van der Waals surface area contributed by atoms with E-state index in [1.54, 1.807) is 0 Å². The highest BCUT2D eigenvalue weighted by molar-refractivity contribution is 6.23. The Morgan fingerprint density at radius 2 is 1.06 bits per heavy atom. The number of rotatable bonds is 6. The van der Waals surface area contributed by atoms with E-state index >= 15 is 0 Å². The van der Waals surface area contributed by atoms with Crippen molar-refractivity contribution in [1.82, 2.24) is 19.5 Å². The summed E-state index contributed by atoms with van der Waals surface area (Å²) in [6.45, 7) is 18.5. The number of benzene rings is 6. The van der Waals surface area contributed by atoms with Crippen LogP contribution in [0.5, 0.6) is 0 Å². The Kier molecular flexibility index (Phi) is 9.23. The van der Waals surface area contributed by atoms with E-state index in [0.29, 0.717) is 0 Å². The van der Waals surface area contributed by atoms with Gasteiger partial charge in [-0.1, -0.05) is 128 Å². The lowest BCUT2D eigenvalue weighted by molar-refractivity contribution is 0.590. The van der Waals surface area contributed by atoms with Crippen molar-refractivity contribution in [2.45, 2.75) is 71.6 Å². The molecule has 11 rings (SSSR count). The summed E-state index contributed by atoms with van der Waals surface area (Å²) in [5.41, 5.74) is 17.4. The summed E-state index contributed by atoms with van der Waals surface area (Å²) in [6.07, 6.45) is 3.65. The summed E-state index contributed by atoms with van der Waals surface area (Å²) in [6, 6.07) is 60.1. The van der Waals surface area contributed by atoms with E-state index in [4.69, 9.17) is 15.0 Å². The van der Waals surface area contributed by atoms with Gasteiger partial charge in [0.25, 0.3) is 0 Å². The van der Waals surface area contributed by atoms with Crippen molar-refractivity contribution in [1.29, 1.82) is 0 Å². The lowest BCUT2D eigenvalue weighted by Crippen LogP contribution is -2.27. The van der Waals surface area contributed by atoms with E-state index in [9.17, 15) is 0 Å². The standard InChI is InChI=1S/C60H53N5/c1-58(2,3)41-21-25-43(26-22-41)64(44-27-23-42(24-28-44)59(4,5)6)45-36-47-56-46-16-10-9-15-38(46)19-30-55(56)65-54-29-20-39(33-48(54)60(7,8)49(37-45)57(47)65)40-34-52(50-17-11-13-31-61-50)63-53(35-40)51-18-12-14-32-62-51/h9-37H,1-8H3. The minimum absolute atomic E-state index is 0.0379. The smallest absolute Gasteiger partial charge is 0.0900 e. The summed E-state index contributed by atoms with van der Waals surface area (Å²) in [5.74, 6) is 0. The normalized spacial score (nSPS) is 13.4. The zero-order valence-electron chi connectivity index (χ0n) is 38.5. The van der Waals surface area contributed by atoms with Gasteiger partial charge in [-0.3, -0.25) is 9.97 Å². The van der Waals surface area contributed by atoms with Crippen molar-refractivity contribution >= 4 is 49.6 Å². The molecule has 318 valence electrons. The fourth-order valence-electron chi connectivity index (χ4n) is 9.97. The Morgan fingerprint density at radius 1 is 0.477 bits per heavy atom. The minimum atomic E-state index is -0.391. The molecule has 6 aromatic carbocycles. The van der Waals surface area contributed by atoms with E-state index in [2.05, 4.69) is 192 Å². The second-order valence-electron chi connectivity index (χ2n) is 20.2. The average Bonchev–Trinajstić information content (AvgIpc) is 3.66. The van der Waals surface area contributed by atoms with Crippen molar-refractivity contribution in [3.63, 3.8) is 0 Å². The molecule has 0 bridgehead atoms. The van der Waals surface area contributed by atoms with Gasteiger partial charge in [-0.15, -0.1) is 0 Å². The molecule has 0 aliphatic carbocycles. The van der Waals surface area contributed by atoms with Crippen LogP contribution in [0.3, 0.4) is 0 Å². The van der Waals surface area contributed by atoms with Gasteiger partial charge in [0, 0.05) is 45.6 Å². The molecular formula is C60H53N5. The molecule has 0 N–H and O–H groups in total. The molecule has 0 atom stereocenters. The van der Waals surface area contributed by atoms with Crippen molar-refractivity contribution < 1.29 is 0 Å². The molecule has 5 heteroatoms. The van der Waals surface area contributed by atoms with Gasteiger partial charge < -0.3 is 9.47 Å². The fraction of sp³-hybridized carbons (Fsp3) is 0.183. The Bertz CT molecular complexity index is 3330. The average molecular weight is 844 g/mol. The van der Waals surface area contributed by atoms with Gasteiger partial charge in [-0.05, 0) is 146 Å². The third-order valence-corrected chi connectivity index (χ3v) is 13.6. The van der Waals surface area contributed by atoms with Crippen LogP contribution in [-0.2, 0) is 16.2 Å². The second-order valence-corrected chi connectivity index (χ2v) is 20.2. The monoisotopic (exact) mass is 843 g/mol. The Balaban J connectivity index is 1.17. The molecule has 1 aliphatic heterocycles. The SMILES string of the molecule is CC(C)(C)c1ccc(N(c2ccc(C(C)(C)C)cc2)c2cc3c4c(c2)c2c5ccccc5ccc2n4-c2ccc(-c4cc(-c5ccccn5)nc(-c5ccccn5)c4)cc2C3(C)C)cc1. The third kappa shape index (κ3) is 6.80. The van der Waals surface area contributed by atoms with E-state index < -0.39 is 5.41 Å². The van der Waals surface area contributed by atoms with Crippen LogP contribution in [0.15, 0.2) is 176 Å². The first kappa shape index (κ1) is 40.4. The number of anilines is 3. The zero-order chi connectivity index (χ0) is 44.8. The highest BCUT2D eigenvalue weighted by Gasteiger charge is 2.37. The van der Waals surface area contributed by atoms with Gasteiger partial charge in [0.2, 0.25) is 0 Å². The highest BCUT2D eigenvalue weighted by atomic mass is 15.1. The van der Waals surface area contributed by atoms with Crippen molar-refractivity contribution in [2.24, 2.45) is 0 Å². The van der Waals surface area contributed by atoms with Crippen LogP contribution in [0.1, 0.15) is 77.6 Å². The Labute approximate surface area is 382 Å². The molecule has 4 aromatic heterocycles. The van der Waals surface area contributed by atoms with Gasteiger partial charge in [-0.25, -0.2) is 4.98 Å². The van der Waals surface area contributed by atoms with Crippen LogP contribution < -0.4 is 4.90 Å². The molecule has 0 saturated heterocycles. The molecule has 65 heavy (non-hydrogen) atoms. The van der Waals surface area contributed by atoms with E-state index in [1.165, 1.54) is 60.5 Å². The summed E-state index contributed by atoms with van der Waals surface area (Å²) < 4.78 is 2.53. The number of nitrogens with zero attached hydrogens (tertiary/aromatic N) is 5. The molecule has 0 fully saturated rings. The summed E-state index contributed by atoms with van der Waals surface area (Å²) in [4.78, 5) is 17.0. The van der Waals surface area contributed by atoms with Crippen LogP contribution in [0.2, 0.25) is 0 Å². The summed E-state index contributed by atoms with van der Waals surface area (Å²) >= 11 is 0. The third-order valence-electron chi connectivity index (χ3n) is 13.6. The number of hydrogen-bond donors (Lipinski definition) is 0. The molecule has 0 amide bonds. The first-order valence-electron chi connectivity index (χ1n) is 22.8. The molecule has 0 radical (unpaired) electrons. The summed E-state index contributed by atoms with van der Waals surface area (Å²) in [5, 5.41) is 5.02. The van der Waals surface area contributed by atoms with Crippen LogP contribution in [0.25, 0.3) is 72.2 Å². The van der Waals surface area contributed by atoms with Crippen molar-refractivity contribution in [3.05, 3.63) is 198 Å². The lowest BCUT2D eigenvalue weighted by Gasteiger charge is -2.36. The Morgan fingerprint density at radius 3 is 1.63 bits per heavy atom. The van der Waals surface area contributed by atoms with E-state index in [1.807, 2.05) is 48.8 Å². The largest absolute Gasteiger partial charge is 0.310 e. The minimum Gasteiger partial charge on any atom is -0.310 e. The van der Waals surface area contributed by atoms with E-state index in [-0.39, 0.29) is 10.8 Å². The van der Waals surface area contributed by atoms with Gasteiger partial charge >= 0.3 is 0 Å². The molecule has 5 heterocycles. The summed E-state index contributed by atoms with van der Waals surface area (Å²) in [7, 11) is 0. The van der Waals surface area contributed by atoms with Crippen LogP contribution in [0.4, 0.5) is 17.1 Å². The van der Waals surface area contributed by atoms with Crippen LogP contribution >= 0.6 is 0 Å². The molecule has 1 aliphatic rings. The number of hydrogen-bond acceptors (Lipinski definition) is 4. The Hall–Kier alpha value is -7.37. The van der Waals surface area contributed by atoms with Gasteiger partial charge in [0.05, 0.1) is 39.5 Å². The quantitative estimate of drug-likeness (QED) is 0.167. The fourth-order valence-corrected chi connectivity index (χ4v) is 9.97. The van der Waals surface area contributed by atoms with Gasteiger partial charge in [-0.2, -0.15) is 0 Å². The first-order valence-corrected chi connectivity index (χ1v) is 22.8. The molecule has 0 spiro atoms. The lowest BCUT2D eigenvalue weighted by atomic mass is 9.73. The molecule has 0 unspecified atom stereocenters. The predicted molar refractivity (Wildman–Crippen MR) is 272 cm³/mol. The number of pyridine rings is 3. The van der Waals surface area contributed by atoms with Crippen molar-refractivity contribution in [3.8, 4) is 39.6 Å². The number of aromatic nitrogens is 4. The van der Waals surface area contributed by atoms with Crippen molar-refractivity contribution in [2.75, 3.05) is 4.90 Å². The highest BCUT2D eigenvalue weighted by Crippen LogP contribution is 2.52. The number of fused-ring (bicyclic) bond motifs is 7. The van der Waals surface area contributed by atoms with Gasteiger partial charge in [0.1, 0.15) is 0 Å². The topological polar surface area (TPSA) is 46.8 Å². The van der Waals surface area contributed by atoms with Crippen LogP contribution in [-0.4, -0.2) is 19.5 Å². The first-order chi connectivity index (χ1) is 31.2. The van der Waals surface area contributed by atoms with Crippen LogP contribution in [0, 0.1) is 0 Å². The molecule has 10 aromatic rings. The zero-order valence-corrected chi connectivity index (χ0v) is 38.5. The predicted octanol–water partition coefficient (Wildman–Crippen LogP) is 15.8. The maximum Gasteiger partial charge on any atom is 0.0900 e. The molecule has 0 saturated carbocycles. The molecular weight excluding hydrogens is 791 g/mol. The maximum absolute atomic E-state index is 5.10. The molecule has 5 nitrogen and oxygen atoms in total. The van der Waals surface area contributed by atoms with Gasteiger partial charge in [0.15, 0.2) is 0 Å². The van der Waals surface area contributed by atoms with E-state index in [0.717, 1.165) is 51.0 Å².